The summed E-state index contributed by atoms with van der Waals surface area (Å²) < 4.78 is 13.4. The number of para-hydroxylation sites is 1. The molecule has 0 aliphatic heterocycles. The van der Waals surface area contributed by atoms with E-state index in [0.29, 0.717) is 22.9 Å². The third-order valence-corrected chi connectivity index (χ3v) is 5.84. The van der Waals surface area contributed by atoms with E-state index in [2.05, 4.69) is 24.9 Å². The Morgan fingerprint density at radius 2 is 1.97 bits per heavy atom. The number of aromatic nitrogens is 1. The summed E-state index contributed by atoms with van der Waals surface area (Å²) in [6, 6.07) is 15.2. The lowest BCUT2D eigenvalue weighted by atomic mass is 10.0. The van der Waals surface area contributed by atoms with Crippen LogP contribution in [0.1, 0.15) is 42.8 Å². The first-order valence-electron chi connectivity index (χ1n) is 9.82. The van der Waals surface area contributed by atoms with Crippen LogP contribution in [-0.2, 0) is 16.1 Å². The van der Waals surface area contributed by atoms with Gasteiger partial charge in [0.05, 0.1) is 16.8 Å². The molecule has 2 heterocycles. The van der Waals surface area contributed by atoms with Gasteiger partial charge in [-0.3, -0.25) is 9.59 Å². The van der Waals surface area contributed by atoms with Gasteiger partial charge in [0.2, 0.25) is 0 Å². The molecule has 0 spiro atoms. The first-order chi connectivity index (χ1) is 14.5. The first kappa shape index (κ1) is 20.1. The number of rotatable bonds is 5. The van der Waals surface area contributed by atoms with E-state index < -0.39 is 5.91 Å². The average molecular weight is 423 g/mol. The zero-order chi connectivity index (χ0) is 21.3. The van der Waals surface area contributed by atoms with E-state index in [1.165, 1.54) is 16.9 Å². The van der Waals surface area contributed by atoms with E-state index in [1.807, 2.05) is 30.3 Å². The zero-order valence-electron chi connectivity index (χ0n) is 17.0. The van der Waals surface area contributed by atoms with E-state index in [9.17, 15) is 9.59 Å². The van der Waals surface area contributed by atoms with Crippen LogP contribution in [0.2, 0.25) is 0 Å². The predicted octanol–water partition coefficient (Wildman–Crippen LogP) is 4.88. The Bertz CT molecular complexity index is 1280. The van der Waals surface area contributed by atoms with Crippen LogP contribution < -0.4 is 4.80 Å². The summed E-state index contributed by atoms with van der Waals surface area (Å²) in [7, 11) is 0. The van der Waals surface area contributed by atoms with Crippen molar-refractivity contribution >= 4 is 44.4 Å². The number of fused-ring (bicyclic) bond motifs is 2. The quantitative estimate of drug-likeness (QED) is 0.430. The van der Waals surface area contributed by atoms with E-state index in [-0.39, 0.29) is 18.3 Å². The number of hydrogen-bond acceptors (Lipinski definition) is 5. The molecule has 0 aliphatic carbocycles. The molecule has 0 saturated heterocycles. The number of hydrogen-bond donors (Lipinski definition) is 0. The molecule has 0 fully saturated rings. The average Bonchev–Trinajstić information content (AvgIpc) is 3.29. The molecule has 30 heavy (non-hydrogen) atoms. The normalized spacial score (nSPS) is 12.2. The van der Waals surface area contributed by atoms with Crippen LogP contribution in [0.5, 0.6) is 0 Å². The smallest absolute Gasteiger partial charge is 0.326 e. The summed E-state index contributed by atoms with van der Waals surface area (Å²) in [5.74, 6) is -0.325. The monoisotopic (exact) mass is 422 g/mol. The minimum atomic E-state index is -0.487. The van der Waals surface area contributed by atoms with E-state index in [0.717, 1.165) is 15.6 Å². The maximum Gasteiger partial charge on any atom is 0.326 e. The number of nitrogens with zero attached hydrogens (tertiary/aromatic N) is 2. The summed E-state index contributed by atoms with van der Waals surface area (Å²) >= 11 is 1.37. The Morgan fingerprint density at radius 3 is 2.70 bits per heavy atom. The van der Waals surface area contributed by atoms with Gasteiger partial charge in [-0.25, -0.2) is 0 Å². The van der Waals surface area contributed by atoms with Crippen molar-refractivity contribution in [1.29, 1.82) is 0 Å². The lowest BCUT2D eigenvalue weighted by molar-refractivity contribution is -0.143. The third-order valence-electron chi connectivity index (χ3n) is 4.80. The number of carbonyl (C=O) groups is 2. The minimum Gasteiger partial charge on any atom is -0.465 e. The van der Waals surface area contributed by atoms with Gasteiger partial charge in [-0.05, 0) is 42.7 Å². The molecule has 2 aromatic heterocycles. The molecule has 154 valence electrons. The van der Waals surface area contributed by atoms with Crippen LogP contribution in [0.25, 0.3) is 21.2 Å². The third kappa shape index (κ3) is 3.93. The molecule has 7 heteroatoms. The molecule has 1 amide bonds. The molecule has 2 aromatic carbocycles. The number of carbonyl (C=O) groups excluding carboxylic acids is 2. The molecule has 0 unspecified atom stereocenters. The van der Waals surface area contributed by atoms with Crippen LogP contribution in [0.4, 0.5) is 0 Å². The summed E-state index contributed by atoms with van der Waals surface area (Å²) in [5.41, 5.74) is 2.66. The summed E-state index contributed by atoms with van der Waals surface area (Å²) in [4.78, 5) is 29.7. The van der Waals surface area contributed by atoms with Gasteiger partial charge in [-0.2, -0.15) is 4.99 Å². The fourth-order valence-corrected chi connectivity index (χ4v) is 4.33. The Kier molecular flexibility index (Phi) is 5.55. The van der Waals surface area contributed by atoms with Crippen molar-refractivity contribution in [1.82, 2.24) is 4.57 Å². The molecule has 0 saturated carbocycles. The first-order valence-corrected chi connectivity index (χ1v) is 10.6. The fourth-order valence-electron chi connectivity index (χ4n) is 3.25. The van der Waals surface area contributed by atoms with Crippen molar-refractivity contribution in [3.8, 4) is 0 Å². The molecular weight excluding hydrogens is 400 g/mol. The van der Waals surface area contributed by atoms with Gasteiger partial charge in [0.25, 0.3) is 0 Å². The van der Waals surface area contributed by atoms with E-state index in [1.54, 1.807) is 23.6 Å². The Hall–Kier alpha value is -3.19. The molecular formula is C23H22N2O4S. The highest BCUT2D eigenvalue weighted by Gasteiger charge is 2.16. The molecule has 4 aromatic rings. The van der Waals surface area contributed by atoms with Gasteiger partial charge in [0, 0.05) is 5.39 Å². The lowest BCUT2D eigenvalue weighted by Gasteiger charge is -2.07. The summed E-state index contributed by atoms with van der Waals surface area (Å²) in [6.45, 7) is 6.29. The van der Waals surface area contributed by atoms with Crippen molar-refractivity contribution in [2.24, 2.45) is 4.99 Å². The number of esters is 1. The van der Waals surface area contributed by atoms with Crippen LogP contribution >= 0.6 is 11.3 Å². The standard InChI is InChI=1S/C23H22N2O4S/c1-4-28-21(26)13-25-17-10-9-15(14(2)3)12-20(17)30-23(25)24-22(27)19-11-16-7-5-6-8-18(16)29-19/h5-12,14H,4,13H2,1-3H3. The number of amides is 1. The number of thiazole rings is 1. The molecule has 4 rings (SSSR count). The van der Waals surface area contributed by atoms with Crippen LogP contribution in [0.3, 0.4) is 0 Å². The van der Waals surface area contributed by atoms with Gasteiger partial charge in [0.15, 0.2) is 10.6 Å². The second-order valence-corrected chi connectivity index (χ2v) is 8.23. The Balaban J connectivity index is 1.82. The van der Waals surface area contributed by atoms with Crippen molar-refractivity contribution in [2.75, 3.05) is 6.61 Å². The largest absolute Gasteiger partial charge is 0.465 e. The molecule has 0 atom stereocenters. The predicted molar refractivity (Wildman–Crippen MR) is 117 cm³/mol. The SMILES string of the molecule is CCOC(=O)Cn1c(=NC(=O)c2cc3ccccc3o2)sc2cc(C(C)C)ccc21. The van der Waals surface area contributed by atoms with Crippen molar-refractivity contribution in [3.63, 3.8) is 0 Å². The van der Waals surface area contributed by atoms with Crippen LogP contribution in [-0.4, -0.2) is 23.1 Å². The maximum atomic E-state index is 12.8. The molecule has 0 N–H and O–H groups in total. The van der Waals surface area contributed by atoms with Gasteiger partial charge in [0.1, 0.15) is 12.1 Å². The Labute approximate surface area is 177 Å². The van der Waals surface area contributed by atoms with Crippen molar-refractivity contribution < 1.29 is 18.7 Å². The number of benzene rings is 2. The van der Waals surface area contributed by atoms with Crippen molar-refractivity contribution in [3.05, 3.63) is 64.7 Å². The number of ether oxygens (including phenoxy) is 1. The van der Waals surface area contributed by atoms with Crippen molar-refractivity contribution in [2.45, 2.75) is 33.2 Å². The molecule has 6 nitrogen and oxygen atoms in total. The number of furan rings is 1. The van der Waals surface area contributed by atoms with Crippen LogP contribution in [0, 0.1) is 0 Å². The topological polar surface area (TPSA) is 73.8 Å². The highest BCUT2D eigenvalue weighted by Crippen LogP contribution is 2.24. The molecule has 0 aliphatic rings. The highest BCUT2D eigenvalue weighted by atomic mass is 32.1. The van der Waals surface area contributed by atoms with Gasteiger partial charge < -0.3 is 13.7 Å². The maximum absolute atomic E-state index is 12.8. The minimum absolute atomic E-state index is 0.0128. The second kappa shape index (κ2) is 8.28. The lowest BCUT2D eigenvalue weighted by Crippen LogP contribution is -2.23. The second-order valence-electron chi connectivity index (χ2n) is 7.22. The van der Waals surface area contributed by atoms with Gasteiger partial charge in [-0.15, -0.1) is 0 Å². The van der Waals surface area contributed by atoms with Crippen LogP contribution in [0.15, 0.2) is 57.9 Å². The van der Waals surface area contributed by atoms with Gasteiger partial charge >= 0.3 is 11.9 Å². The van der Waals surface area contributed by atoms with Gasteiger partial charge in [-0.1, -0.05) is 49.4 Å². The summed E-state index contributed by atoms with van der Waals surface area (Å²) in [6.07, 6.45) is 0. The molecule has 0 radical (unpaired) electrons. The zero-order valence-corrected chi connectivity index (χ0v) is 17.9. The fraction of sp³-hybridized carbons (Fsp3) is 0.261. The van der Waals surface area contributed by atoms with E-state index in [4.69, 9.17) is 9.15 Å². The Morgan fingerprint density at radius 1 is 1.17 bits per heavy atom. The van der Waals surface area contributed by atoms with E-state index >= 15 is 0 Å². The summed E-state index contributed by atoms with van der Waals surface area (Å²) in [5, 5.41) is 0.841. The highest BCUT2D eigenvalue weighted by molar-refractivity contribution is 7.16. The molecule has 0 bridgehead atoms.